The normalized spacial score (nSPS) is 21.4. The van der Waals surface area contributed by atoms with Crippen LogP contribution in [0.2, 0.25) is 0 Å². The summed E-state index contributed by atoms with van der Waals surface area (Å²) in [5.41, 5.74) is 2.85. The molecule has 1 saturated heterocycles. The van der Waals surface area contributed by atoms with Crippen LogP contribution in [0.4, 0.5) is 0 Å². The number of hydrogen-bond donors (Lipinski definition) is 1. The number of benzene rings is 1. The molecule has 1 aromatic rings. The third-order valence-corrected chi connectivity index (χ3v) is 4.33. The lowest BCUT2D eigenvalue weighted by atomic mass is 10.1. The zero-order valence-corrected chi connectivity index (χ0v) is 13.0. The van der Waals surface area contributed by atoms with Gasteiger partial charge in [-0.05, 0) is 56.1 Å². The molecule has 1 fully saturated rings. The number of likely N-dealkylation sites (tertiary alicyclic amines) is 1. The summed E-state index contributed by atoms with van der Waals surface area (Å²) in [5.74, 6) is 1.94. The van der Waals surface area contributed by atoms with Crippen molar-refractivity contribution in [1.29, 1.82) is 0 Å². The van der Waals surface area contributed by atoms with Gasteiger partial charge in [0.15, 0.2) is 0 Å². The van der Waals surface area contributed by atoms with Gasteiger partial charge in [0, 0.05) is 19.5 Å². The molecule has 112 valence electrons. The fourth-order valence-electron chi connectivity index (χ4n) is 3.25. The molecule has 0 bridgehead atoms. The van der Waals surface area contributed by atoms with Gasteiger partial charge in [-0.15, -0.1) is 12.4 Å². The van der Waals surface area contributed by atoms with Crippen molar-refractivity contribution >= 4 is 12.4 Å². The van der Waals surface area contributed by atoms with Gasteiger partial charge < -0.3 is 15.0 Å². The number of nitrogens with one attached hydrogen (secondary N) is 1. The van der Waals surface area contributed by atoms with E-state index in [1.807, 2.05) is 0 Å². The summed E-state index contributed by atoms with van der Waals surface area (Å²) in [6.45, 7) is 5.73. The molecule has 0 radical (unpaired) electrons. The average molecular weight is 297 g/mol. The van der Waals surface area contributed by atoms with Crippen LogP contribution >= 0.6 is 12.4 Å². The predicted molar refractivity (Wildman–Crippen MR) is 85.1 cm³/mol. The topological polar surface area (TPSA) is 24.5 Å². The monoisotopic (exact) mass is 296 g/mol. The Bertz CT molecular complexity index is 438. The molecule has 0 amide bonds. The van der Waals surface area contributed by atoms with Crippen molar-refractivity contribution in [2.75, 3.05) is 39.8 Å². The molecule has 3 nitrogen and oxygen atoms in total. The Morgan fingerprint density at radius 2 is 2.30 bits per heavy atom. The Balaban J connectivity index is 0.00000147. The van der Waals surface area contributed by atoms with E-state index in [0.29, 0.717) is 0 Å². The van der Waals surface area contributed by atoms with Crippen molar-refractivity contribution in [2.24, 2.45) is 5.92 Å². The molecule has 1 aromatic carbocycles. The summed E-state index contributed by atoms with van der Waals surface area (Å²) >= 11 is 0. The Kier molecular flexibility index (Phi) is 5.70. The lowest BCUT2D eigenvalue weighted by Gasteiger charge is -2.16. The molecule has 2 aliphatic rings. The Morgan fingerprint density at radius 3 is 3.15 bits per heavy atom. The number of halogens is 1. The smallest absolute Gasteiger partial charge is 0.122 e. The maximum atomic E-state index is 5.55. The summed E-state index contributed by atoms with van der Waals surface area (Å²) in [7, 11) is 2.05. The SMILES string of the molecule is CNCC1CCN(CCc2ccc3c(c2)CCO3)C1.Cl. The van der Waals surface area contributed by atoms with Gasteiger partial charge in [-0.1, -0.05) is 12.1 Å². The molecule has 0 saturated carbocycles. The summed E-state index contributed by atoms with van der Waals surface area (Å²) in [5, 5.41) is 3.29. The fraction of sp³-hybridized carbons (Fsp3) is 0.625. The zero-order chi connectivity index (χ0) is 13.1. The molecule has 1 unspecified atom stereocenters. The van der Waals surface area contributed by atoms with Crippen LogP contribution in [0.3, 0.4) is 0 Å². The van der Waals surface area contributed by atoms with Crippen molar-refractivity contribution in [2.45, 2.75) is 19.3 Å². The number of rotatable bonds is 5. The highest BCUT2D eigenvalue weighted by atomic mass is 35.5. The van der Waals surface area contributed by atoms with Gasteiger partial charge in [-0.3, -0.25) is 0 Å². The van der Waals surface area contributed by atoms with Crippen LogP contribution in [0.25, 0.3) is 0 Å². The van der Waals surface area contributed by atoms with Crippen LogP contribution in [0, 0.1) is 5.92 Å². The van der Waals surface area contributed by atoms with Crippen molar-refractivity contribution in [3.63, 3.8) is 0 Å². The maximum Gasteiger partial charge on any atom is 0.122 e. The lowest BCUT2D eigenvalue weighted by Crippen LogP contribution is -2.26. The van der Waals surface area contributed by atoms with Crippen LogP contribution in [0.1, 0.15) is 17.5 Å². The van der Waals surface area contributed by atoms with Crippen LogP contribution in [-0.4, -0.2) is 44.7 Å². The van der Waals surface area contributed by atoms with Crippen molar-refractivity contribution in [3.05, 3.63) is 29.3 Å². The summed E-state index contributed by atoms with van der Waals surface area (Å²) < 4.78 is 5.55. The van der Waals surface area contributed by atoms with E-state index in [2.05, 4.69) is 35.5 Å². The minimum Gasteiger partial charge on any atom is -0.493 e. The highest BCUT2D eigenvalue weighted by Gasteiger charge is 2.21. The Labute approximate surface area is 128 Å². The van der Waals surface area contributed by atoms with Crippen LogP contribution in [0.15, 0.2) is 18.2 Å². The highest BCUT2D eigenvalue weighted by molar-refractivity contribution is 5.85. The molecule has 4 heteroatoms. The van der Waals surface area contributed by atoms with Gasteiger partial charge in [0.05, 0.1) is 6.61 Å². The third-order valence-electron chi connectivity index (χ3n) is 4.33. The first-order valence-corrected chi connectivity index (χ1v) is 7.46. The van der Waals surface area contributed by atoms with Crippen molar-refractivity contribution in [1.82, 2.24) is 10.2 Å². The molecular weight excluding hydrogens is 272 g/mol. The minimum absolute atomic E-state index is 0. The van der Waals surface area contributed by atoms with Crippen LogP contribution < -0.4 is 10.1 Å². The van der Waals surface area contributed by atoms with Crippen molar-refractivity contribution < 1.29 is 4.74 Å². The van der Waals surface area contributed by atoms with E-state index in [1.165, 1.54) is 43.6 Å². The molecule has 2 heterocycles. The number of hydrogen-bond acceptors (Lipinski definition) is 3. The average Bonchev–Trinajstić information content (AvgIpc) is 3.04. The largest absolute Gasteiger partial charge is 0.493 e. The van der Waals surface area contributed by atoms with E-state index in [9.17, 15) is 0 Å². The van der Waals surface area contributed by atoms with E-state index in [-0.39, 0.29) is 12.4 Å². The fourth-order valence-corrected chi connectivity index (χ4v) is 3.25. The molecule has 1 N–H and O–H groups in total. The second kappa shape index (κ2) is 7.30. The first-order chi connectivity index (χ1) is 9.35. The molecule has 3 rings (SSSR count). The summed E-state index contributed by atoms with van der Waals surface area (Å²) in [6.07, 6.45) is 3.59. The van der Waals surface area contributed by atoms with E-state index in [4.69, 9.17) is 4.74 Å². The maximum absolute atomic E-state index is 5.55. The molecular formula is C16H25ClN2O. The Morgan fingerprint density at radius 1 is 1.40 bits per heavy atom. The van der Waals surface area contributed by atoms with Gasteiger partial charge in [0.25, 0.3) is 0 Å². The molecule has 0 aliphatic carbocycles. The number of fused-ring (bicyclic) bond motifs is 1. The molecule has 20 heavy (non-hydrogen) atoms. The van der Waals surface area contributed by atoms with Gasteiger partial charge in [-0.2, -0.15) is 0 Å². The van der Waals surface area contributed by atoms with E-state index < -0.39 is 0 Å². The molecule has 1 atom stereocenters. The quantitative estimate of drug-likeness (QED) is 0.901. The minimum atomic E-state index is 0. The zero-order valence-electron chi connectivity index (χ0n) is 12.2. The second-order valence-corrected chi connectivity index (χ2v) is 5.80. The first kappa shape index (κ1) is 15.6. The van der Waals surface area contributed by atoms with Gasteiger partial charge in [0.1, 0.15) is 5.75 Å². The van der Waals surface area contributed by atoms with Gasteiger partial charge in [-0.25, -0.2) is 0 Å². The number of nitrogens with zero attached hydrogens (tertiary/aromatic N) is 1. The summed E-state index contributed by atoms with van der Waals surface area (Å²) in [4.78, 5) is 2.60. The van der Waals surface area contributed by atoms with Crippen LogP contribution in [0.5, 0.6) is 5.75 Å². The molecule has 0 spiro atoms. The first-order valence-electron chi connectivity index (χ1n) is 7.46. The number of ether oxygens (including phenoxy) is 1. The van der Waals surface area contributed by atoms with Crippen molar-refractivity contribution in [3.8, 4) is 5.75 Å². The molecule has 0 aromatic heterocycles. The van der Waals surface area contributed by atoms with E-state index in [0.717, 1.165) is 31.2 Å². The van der Waals surface area contributed by atoms with E-state index in [1.54, 1.807) is 0 Å². The third kappa shape index (κ3) is 3.66. The summed E-state index contributed by atoms with van der Waals surface area (Å²) in [6, 6.07) is 6.71. The second-order valence-electron chi connectivity index (χ2n) is 5.80. The van der Waals surface area contributed by atoms with Crippen LogP contribution in [-0.2, 0) is 12.8 Å². The molecule has 2 aliphatic heterocycles. The highest BCUT2D eigenvalue weighted by Crippen LogP contribution is 2.26. The standard InChI is InChI=1S/C16H24N2O.ClH/c1-17-11-14-5-8-18(12-14)7-4-13-2-3-16-15(10-13)6-9-19-16;/h2-3,10,14,17H,4-9,11-12H2,1H3;1H. The van der Waals surface area contributed by atoms with Gasteiger partial charge >= 0.3 is 0 Å². The van der Waals surface area contributed by atoms with E-state index >= 15 is 0 Å². The predicted octanol–water partition coefficient (Wildman–Crippen LogP) is 2.13. The van der Waals surface area contributed by atoms with Gasteiger partial charge in [0.2, 0.25) is 0 Å². The Hall–Kier alpha value is -0.770. The lowest BCUT2D eigenvalue weighted by molar-refractivity contribution is 0.327.